The van der Waals surface area contributed by atoms with Crippen molar-refractivity contribution in [3.05, 3.63) is 108 Å². The maximum absolute atomic E-state index is 12.7. The van der Waals surface area contributed by atoms with E-state index in [9.17, 15) is 4.79 Å². The Bertz CT molecular complexity index is 1970. The van der Waals surface area contributed by atoms with Crippen LogP contribution in [0.5, 0.6) is 11.5 Å². The highest BCUT2D eigenvalue weighted by atomic mass is 16.5. The van der Waals surface area contributed by atoms with E-state index in [4.69, 9.17) is 14.2 Å². The molecule has 0 spiro atoms. The summed E-state index contributed by atoms with van der Waals surface area (Å²) in [5.74, 6) is 1.18. The predicted molar refractivity (Wildman–Crippen MR) is 191 cm³/mol. The summed E-state index contributed by atoms with van der Waals surface area (Å²) in [7, 11) is 1.41. The van der Waals surface area contributed by atoms with Crippen LogP contribution in [0.15, 0.2) is 91.0 Å². The van der Waals surface area contributed by atoms with E-state index in [1.165, 1.54) is 45.2 Å². The second-order valence-electron chi connectivity index (χ2n) is 14.4. The van der Waals surface area contributed by atoms with Gasteiger partial charge in [0, 0.05) is 0 Å². The molecular weight excluding hydrogens is 568 g/mol. The van der Waals surface area contributed by atoms with Gasteiger partial charge in [-0.05, 0) is 109 Å². The fourth-order valence-corrected chi connectivity index (χ4v) is 6.19. The van der Waals surface area contributed by atoms with Crippen molar-refractivity contribution in [1.29, 1.82) is 0 Å². The Labute approximate surface area is 272 Å². The number of benzene rings is 6. The molecule has 4 heteroatoms. The van der Waals surface area contributed by atoms with Crippen molar-refractivity contribution in [2.24, 2.45) is 0 Å². The highest BCUT2D eigenvalue weighted by Crippen LogP contribution is 2.40. The Balaban J connectivity index is 1.19. The maximum atomic E-state index is 12.7. The molecule has 0 unspecified atom stereocenters. The summed E-state index contributed by atoms with van der Waals surface area (Å²) < 4.78 is 17.6. The Morgan fingerprint density at radius 2 is 1.15 bits per heavy atom. The van der Waals surface area contributed by atoms with Gasteiger partial charge in [-0.2, -0.15) is 0 Å². The molecule has 236 valence electrons. The van der Waals surface area contributed by atoms with E-state index in [2.05, 4.69) is 114 Å². The highest BCUT2D eigenvalue weighted by molar-refractivity contribution is 6.25. The van der Waals surface area contributed by atoms with E-state index in [-0.39, 0.29) is 16.8 Å². The molecule has 0 heterocycles. The Morgan fingerprint density at radius 1 is 0.609 bits per heavy atom. The van der Waals surface area contributed by atoms with Crippen molar-refractivity contribution >= 4 is 38.3 Å². The van der Waals surface area contributed by atoms with Gasteiger partial charge in [-0.25, -0.2) is 4.79 Å². The SMILES string of the molecule is COC(=O)c1cc(OCCCCOc2cc(C(C)(C)C)cc(C(C)(C)C)c2)cc(-c2ccc3ccc4cccc5ccc2c3c45)c1. The molecular formula is C42H44O4. The molecule has 0 aliphatic heterocycles. The lowest BCUT2D eigenvalue weighted by Gasteiger charge is -2.26. The van der Waals surface area contributed by atoms with Crippen LogP contribution >= 0.6 is 0 Å². The average Bonchev–Trinajstić information content (AvgIpc) is 3.03. The van der Waals surface area contributed by atoms with Gasteiger partial charge in [0.1, 0.15) is 11.5 Å². The lowest BCUT2D eigenvalue weighted by atomic mass is 9.80. The van der Waals surface area contributed by atoms with E-state index in [1.807, 2.05) is 12.1 Å². The number of esters is 1. The Kier molecular flexibility index (Phi) is 8.41. The van der Waals surface area contributed by atoms with Gasteiger partial charge in [-0.1, -0.05) is 102 Å². The molecule has 0 amide bonds. The van der Waals surface area contributed by atoms with Crippen LogP contribution in [0.4, 0.5) is 0 Å². The van der Waals surface area contributed by atoms with Crippen LogP contribution in [0, 0.1) is 0 Å². The molecule has 0 aromatic heterocycles. The van der Waals surface area contributed by atoms with E-state index in [0.717, 1.165) is 35.1 Å². The van der Waals surface area contributed by atoms with Gasteiger partial charge < -0.3 is 14.2 Å². The Morgan fingerprint density at radius 3 is 1.74 bits per heavy atom. The summed E-state index contributed by atoms with van der Waals surface area (Å²) in [6.45, 7) is 14.5. The van der Waals surface area contributed by atoms with Crippen molar-refractivity contribution in [3.63, 3.8) is 0 Å². The number of unbranched alkanes of at least 4 members (excludes halogenated alkanes) is 1. The minimum Gasteiger partial charge on any atom is -0.494 e. The molecule has 0 fully saturated rings. The first-order valence-electron chi connectivity index (χ1n) is 16.2. The highest BCUT2D eigenvalue weighted by Gasteiger charge is 2.21. The fourth-order valence-electron chi connectivity index (χ4n) is 6.19. The predicted octanol–water partition coefficient (Wildman–Crippen LogP) is 10.9. The number of rotatable bonds is 9. The zero-order valence-corrected chi connectivity index (χ0v) is 28.1. The minimum absolute atomic E-state index is 0.0440. The first-order valence-corrected chi connectivity index (χ1v) is 16.2. The van der Waals surface area contributed by atoms with Gasteiger partial charge in [0.2, 0.25) is 0 Å². The first-order chi connectivity index (χ1) is 21.9. The van der Waals surface area contributed by atoms with Crippen molar-refractivity contribution in [3.8, 4) is 22.6 Å². The lowest BCUT2D eigenvalue weighted by Crippen LogP contribution is -2.16. The molecule has 0 bridgehead atoms. The van der Waals surface area contributed by atoms with E-state index in [0.29, 0.717) is 24.5 Å². The summed E-state index contributed by atoms with van der Waals surface area (Å²) >= 11 is 0. The molecule has 0 N–H and O–H groups in total. The molecule has 0 atom stereocenters. The zero-order chi connectivity index (χ0) is 32.6. The number of carbonyl (C=O) groups is 1. The number of hydrogen-bond donors (Lipinski definition) is 0. The Hall–Kier alpha value is -4.57. The van der Waals surface area contributed by atoms with Gasteiger partial charge in [0.15, 0.2) is 0 Å². The van der Waals surface area contributed by atoms with Crippen LogP contribution in [0.2, 0.25) is 0 Å². The van der Waals surface area contributed by atoms with Gasteiger partial charge >= 0.3 is 5.97 Å². The average molecular weight is 613 g/mol. The van der Waals surface area contributed by atoms with Crippen molar-refractivity contribution in [2.45, 2.75) is 65.2 Å². The molecule has 0 radical (unpaired) electrons. The van der Waals surface area contributed by atoms with Gasteiger partial charge in [-0.3, -0.25) is 0 Å². The molecule has 6 aromatic rings. The van der Waals surface area contributed by atoms with Gasteiger partial charge in [-0.15, -0.1) is 0 Å². The smallest absolute Gasteiger partial charge is 0.338 e. The second kappa shape index (κ2) is 12.3. The summed E-state index contributed by atoms with van der Waals surface area (Å²) in [6.07, 6.45) is 1.67. The minimum atomic E-state index is -0.384. The molecule has 6 aromatic carbocycles. The second-order valence-corrected chi connectivity index (χ2v) is 14.4. The summed E-state index contributed by atoms with van der Waals surface area (Å²) in [6, 6.07) is 31.8. The zero-order valence-electron chi connectivity index (χ0n) is 28.1. The van der Waals surface area contributed by atoms with Gasteiger partial charge in [0.25, 0.3) is 0 Å². The third-order valence-electron chi connectivity index (χ3n) is 8.88. The molecule has 6 rings (SSSR count). The molecule has 4 nitrogen and oxygen atoms in total. The summed E-state index contributed by atoms with van der Waals surface area (Å²) in [5.41, 5.74) is 5.10. The summed E-state index contributed by atoms with van der Waals surface area (Å²) in [5, 5.41) is 7.30. The molecule has 0 saturated carbocycles. The third kappa shape index (κ3) is 6.39. The number of carbonyl (C=O) groups excluding carboxylic acids is 1. The standard InChI is InChI=1S/C42H44O4/c1-41(2,3)32-24-33(42(4,5)6)26-35(25-32)46-20-9-8-19-45-34-22-30(21-31(23-34)40(43)44-7)36-17-15-29-14-13-27-11-10-12-28-16-18-37(36)39(29)38(27)28/h10-18,21-26H,8-9,19-20H2,1-7H3. The fraction of sp³-hybridized carbons (Fsp3) is 0.310. The normalized spacial score (nSPS) is 12.2. The van der Waals surface area contributed by atoms with Gasteiger partial charge in [0.05, 0.1) is 25.9 Å². The van der Waals surface area contributed by atoms with Crippen molar-refractivity contribution in [2.75, 3.05) is 20.3 Å². The maximum Gasteiger partial charge on any atom is 0.338 e. The summed E-state index contributed by atoms with van der Waals surface area (Å²) in [4.78, 5) is 12.7. The van der Waals surface area contributed by atoms with Crippen LogP contribution < -0.4 is 9.47 Å². The molecule has 0 saturated heterocycles. The van der Waals surface area contributed by atoms with Crippen LogP contribution in [0.3, 0.4) is 0 Å². The van der Waals surface area contributed by atoms with Crippen molar-refractivity contribution < 1.29 is 19.0 Å². The van der Waals surface area contributed by atoms with E-state index >= 15 is 0 Å². The number of hydrogen-bond acceptors (Lipinski definition) is 4. The van der Waals surface area contributed by atoms with Crippen molar-refractivity contribution in [1.82, 2.24) is 0 Å². The first kappa shape index (κ1) is 31.4. The lowest BCUT2D eigenvalue weighted by molar-refractivity contribution is 0.0600. The number of methoxy groups -OCH3 is 1. The van der Waals surface area contributed by atoms with E-state index < -0.39 is 0 Å². The largest absolute Gasteiger partial charge is 0.494 e. The van der Waals surface area contributed by atoms with E-state index in [1.54, 1.807) is 6.07 Å². The van der Waals surface area contributed by atoms with Crippen LogP contribution in [-0.4, -0.2) is 26.3 Å². The third-order valence-corrected chi connectivity index (χ3v) is 8.88. The van der Waals surface area contributed by atoms with Crippen LogP contribution in [-0.2, 0) is 15.6 Å². The number of ether oxygens (including phenoxy) is 3. The monoisotopic (exact) mass is 612 g/mol. The van der Waals surface area contributed by atoms with Crippen LogP contribution in [0.1, 0.15) is 75.9 Å². The topological polar surface area (TPSA) is 44.8 Å². The molecule has 46 heavy (non-hydrogen) atoms. The quantitative estimate of drug-likeness (QED) is 0.0926. The molecule has 0 aliphatic carbocycles. The molecule has 0 aliphatic rings. The van der Waals surface area contributed by atoms with Crippen LogP contribution in [0.25, 0.3) is 43.4 Å².